The summed E-state index contributed by atoms with van der Waals surface area (Å²) >= 11 is 0. The van der Waals surface area contributed by atoms with Crippen LogP contribution in [0.4, 0.5) is 10.1 Å². The van der Waals surface area contributed by atoms with Crippen LogP contribution in [-0.4, -0.2) is 25.0 Å². The smallest absolute Gasteiger partial charge is 0.265 e. The van der Waals surface area contributed by atoms with Gasteiger partial charge in [0.1, 0.15) is 11.6 Å². The van der Waals surface area contributed by atoms with Crippen molar-refractivity contribution in [2.45, 2.75) is 20.0 Å². The first-order valence-electron chi connectivity index (χ1n) is 7.46. The third-order valence-corrected chi connectivity index (χ3v) is 3.41. The van der Waals surface area contributed by atoms with Crippen LogP contribution in [0.2, 0.25) is 0 Å². The van der Waals surface area contributed by atoms with Crippen LogP contribution in [0.15, 0.2) is 42.5 Å². The number of rotatable bonds is 5. The Balaban J connectivity index is 1.99. The lowest BCUT2D eigenvalue weighted by Crippen LogP contribution is -2.30. The summed E-state index contributed by atoms with van der Waals surface area (Å²) in [5.41, 5.74) is 1.37. The zero-order valence-electron chi connectivity index (χ0n) is 13.7. The van der Waals surface area contributed by atoms with Gasteiger partial charge in [-0.15, -0.1) is 0 Å². The normalized spacial score (nSPS) is 11.5. The highest BCUT2D eigenvalue weighted by Crippen LogP contribution is 2.17. The molecule has 2 aromatic rings. The highest BCUT2D eigenvalue weighted by molar-refractivity contribution is 5.95. The Kier molecular flexibility index (Phi) is 5.52. The van der Waals surface area contributed by atoms with E-state index in [-0.39, 0.29) is 11.6 Å². The van der Waals surface area contributed by atoms with Crippen LogP contribution in [0, 0.1) is 12.7 Å². The summed E-state index contributed by atoms with van der Waals surface area (Å²) in [5.74, 6) is -0.726. The first-order valence-corrected chi connectivity index (χ1v) is 7.46. The van der Waals surface area contributed by atoms with Gasteiger partial charge < -0.3 is 15.4 Å². The van der Waals surface area contributed by atoms with E-state index < -0.39 is 17.8 Å². The van der Waals surface area contributed by atoms with Crippen LogP contribution in [0.3, 0.4) is 0 Å². The molecule has 0 saturated heterocycles. The van der Waals surface area contributed by atoms with Crippen molar-refractivity contribution in [1.82, 2.24) is 5.32 Å². The van der Waals surface area contributed by atoms with Gasteiger partial charge in [-0.25, -0.2) is 4.39 Å². The number of ether oxygens (including phenoxy) is 1. The summed E-state index contributed by atoms with van der Waals surface area (Å²) in [6.07, 6.45) is -0.823. The van der Waals surface area contributed by atoms with Crippen molar-refractivity contribution in [2.75, 3.05) is 12.4 Å². The van der Waals surface area contributed by atoms with Crippen LogP contribution in [-0.2, 0) is 4.79 Å². The van der Waals surface area contributed by atoms with Crippen LogP contribution < -0.4 is 15.4 Å². The molecule has 126 valence electrons. The molecule has 0 radical (unpaired) electrons. The maximum Gasteiger partial charge on any atom is 0.265 e. The lowest BCUT2D eigenvalue weighted by atomic mass is 10.2. The Morgan fingerprint density at radius 2 is 1.79 bits per heavy atom. The summed E-state index contributed by atoms with van der Waals surface area (Å²) in [4.78, 5) is 23.6. The van der Waals surface area contributed by atoms with E-state index in [0.29, 0.717) is 11.3 Å². The fourth-order valence-corrected chi connectivity index (χ4v) is 2.04. The van der Waals surface area contributed by atoms with Gasteiger partial charge in [0, 0.05) is 12.6 Å². The monoisotopic (exact) mass is 330 g/mol. The third-order valence-electron chi connectivity index (χ3n) is 3.41. The molecule has 6 heteroatoms. The van der Waals surface area contributed by atoms with E-state index in [1.54, 1.807) is 51.2 Å². The van der Waals surface area contributed by atoms with Gasteiger partial charge >= 0.3 is 0 Å². The van der Waals surface area contributed by atoms with Gasteiger partial charge in [0.15, 0.2) is 6.10 Å². The van der Waals surface area contributed by atoms with Gasteiger partial charge in [0.25, 0.3) is 11.8 Å². The Hall–Kier alpha value is -2.89. The number of aryl methyl sites for hydroxylation is 1. The molecule has 0 aromatic heterocycles. The molecule has 0 spiro atoms. The molecule has 0 saturated carbocycles. The van der Waals surface area contributed by atoms with Gasteiger partial charge in [-0.05, 0) is 55.8 Å². The summed E-state index contributed by atoms with van der Waals surface area (Å²) in [6, 6.07) is 11.0. The van der Waals surface area contributed by atoms with E-state index in [9.17, 15) is 14.0 Å². The van der Waals surface area contributed by atoms with Crippen molar-refractivity contribution in [3.63, 3.8) is 0 Å². The molecule has 0 fully saturated rings. The average molecular weight is 330 g/mol. The van der Waals surface area contributed by atoms with E-state index in [1.807, 2.05) is 0 Å². The van der Waals surface area contributed by atoms with E-state index in [4.69, 9.17) is 4.74 Å². The molecular weight excluding hydrogens is 311 g/mol. The summed E-state index contributed by atoms with van der Waals surface area (Å²) < 4.78 is 19.3. The number of nitrogens with one attached hydrogen (secondary N) is 2. The van der Waals surface area contributed by atoms with Gasteiger partial charge in [0.2, 0.25) is 0 Å². The second-order valence-corrected chi connectivity index (χ2v) is 5.34. The van der Waals surface area contributed by atoms with E-state index in [0.717, 1.165) is 5.56 Å². The molecule has 1 unspecified atom stereocenters. The molecule has 24 heavy (non-hydrogen) atoms. The highest BCUT2D eigenvalue weighted by Gasteiger charge is 2.16. The van der Waals surface area contributed by atoms with E-state index in [2.05, 4.69) is 10.6 Å². The summed E-state index contributed by atoms with van der Waals surface area (Å²) in [6.45, 7) is 3.33. The van der Waals surface area contributed by atoms with Gasteiger partial charge in [-0.1, -0.05) is 6.07 Å². The number of amides is 2. The van der Waals surface area contributed by atoms with Crippen LogP contribution >= 0.6 is 0 Å². The Labute approximate surface area is 139 Å². The Morgan fingerprint density at radius 1 is 1.12 bits per heavy atom. The SMILES string of the molecule is CNC(=O)c1ccc(OC(C)C(=O)Nc2ccc(C)cc2F)cc1. The summed E-state index contributed by atoms with van der Waals surface area (Å²) in [7, 11) is 1.55. The van der Waals surface area contributed by atoms with Gasteiger partial charge in [-0.2, -0.15) is 0 Å². The molecule has 1 atom stereocenters. The van der Waals surface area contributed by atoms with E-state index in [1.165, 1.54) is 12.1 Å². The minimum atomic E-state index is -0.823. The number of hydrogen-bond acceptors (Lipinski definition) is 3. The average Bonchev–Trinajstić information content (AvgIpc) is 2.57. The summed E-state index contributed by atoms with van der Waals surface area (Å²) in [5, 5.41) is 5.01. The van der Waals surface area contributed by atoms with E-state index >= 15 is 0 Å². The molecule has 0 aliphatic carbocycles. The van der Waals surface area contributed by atoms with Crippen LogP contribution in [0.25, 0.3) is 0 Å². The number of carbonyl (C=O) groups excluding carboxylic acids is 2. The molecule has 2 rings (SSSR count). The van der Waals surface area contributed by atoms with Crippen molar-refractivity contribution >= 4 is 17.5 Å². The predicted octanol–water partition coefficient (Wildman–Crippen LogP) is 2.90. The van der Waals surface area contributed by atoms with Crippen molar-refractivity contribution in [2.24, 2.45) is 0 Å². The molecule has 2 amide bonds. The largest absolute Gasteiger partial charge is 0.481 e. The predicted molar refractivity (Wildman–Crippen MR) is 89.7 cm³/mol. The standard InChI is InChI=1S/C18H19FN2O3/c1-11-4-9-16(15(19)10-11)21-17(22)12(2)24-14-7-5-13(6-8-14)18(23)20-3/h4-10,12H,1-3H3,(H,20,23)(H,21,22). The molecule has 0 aliphatic rings. The van der Waals surface area contributed by atoms with Crippen molar-refractivity contribution in [1.29, 1.82) is 0 Å². The number of halogens is 1. The lowest BCUT2D eigenvalue weighted by Gasteiger charge is -2.15. The van der Waals surface area contributed by atoms with Crippen LogP contribution in [0.5, 0.6) is 5.75 Å². The maximum absolute atomic E-state index is 13.8. The Morgan fingerprint density at radius 3 is 2.38 bits per heavy atom. The zero-order valence-corrected chi connectivity index (χ0v) is 13.7. The second-order valence-electron chi connectivity index (χ2n) is 5.34. The number of benzene rings is 2. The minimum absolute atomic E-state index is 0.107. The fourth-order valence-electron chi connectivity index (χ4n) is 2.04. The maximum atomic E-state index is 13.8. The second kappa shape index (κ2) is 7.59. The molecule has 0 bridgehead atoms. The topological polar surface area (TPSA) is 67.4 Å². The van der Waals surface area contributed by atoms with Crippen molar-refractivity contribution in [3.05, 3.63) is 59.4 Å². The quantitative estimate of drug-likeness (QED) is 0.886. The fraction of sp³-hybridized carbons (Fsp3) is 0.222. The molecular formula is C18H19FN2O3. The molecule has 0 heterocycles. The number of anilines is 1. The van der Waals surface area contributed by atoms with Crippen LogP contribution in [0.1, 0.15) is 22.8 Å². The lowest BCUT2D eigenvalue weighted by molar-refractivity contribution is -0.122. The molecule has 2 aromatic carbocycles. The first-order chi connectivity index (χ1) is 11.4. The number of carbonyl (C=O) groups is 2. The molecule has 5 nitrogen and oxygen atoms in total. The molecule has 0 aliphatic heterocycles. The van der Waals surface area contributed by atoms with Crippen molar-refractivity contribution < 1.29 is 18.7 Å². The molecule has 2 N–H and O–H groups in total. The van der Waals surface area contributed by atoms with Gasteiger partial charge in [0.05, 0.1) is 5.69 Å². The first kappa shape index (κ1) is 17.5. The number of hydrogen-bond donors (Lipinski definition) is 2. The Bertz CT molecular complexity index is 744. The highest BCUT2D eigenvalue weighted by atomic mass is 19.1. The van der Waals surface area contributed by atoms with Gasteiger partial charge in [-0.3, -0.25) is 9.59 Å². The minimum Gasteiger partial charge on any atom is -0.481 e. The van der Waals surface area contributed by atoms with Crippen molar-refractivity contribution in [3.8, 4) is 5.75 Å². The third kappa shape index (κ3) is 4.32. The zero-order chi connectivity index (χ0) is 17.7.